The number of rotatable bonds is 4. The van der Waals surface area contributed by atoms with Crippen LogP contribution in [0.5, 0.6) is 0 Å². The molecule has 0 spiro atoms. The number of benzene rings is 1. The molecule has 0 aliphatic rings. The number of hydrogen-bond donors (Lipinski definition) is 2. The summed E-state index contributed by atoms with van der Waals surface area (Å²) in [6.45, 7) is 2.81. The Bertz CT molecular complexity index is 420. The lowest BCUT2D eigenvalue weighted by molar-refractivity contribution is 0.176. The van der Waals surface area contributed by atoms with Crippen molar-refractivity contribution in [1.82, 2.24) is 5.32 Å². The molecule has 0 aliphatic heterocycles. The predicted octanol–water partition coefficient (Wildman–Crippen LogP) is 1.20. The minimum atomic E-state index is -0.564. The topological polar surface area (TPSA) is 56.0 Å². The Morgan fingerprint density at radius 1 is 1.38 bits per heavy atom. The van der Waals surface area contributed by atoms with Crippen LogP contribution in [0.15, 0.2) is 24.3 Å². The fraction of sp³-hybridized carbons (Fsp3) is 0.308. The number of aliphatic hydroxyl groups is 1. The fourth-order valence-corrected chi connectivity index (χ4v) is 1.26. The molecule has 0 bridgehead atoms. The van der Waals surface area contributed by atoms with E-state index >= 15 is 0 Å². The monoisotopic (exact) mass is 214 g/mol. The molecule has 0 heterocycles. The van der Waals surface area contributed by atoms with E-state index in [0.29, 0.717) is 18.7 Å². The second kappa shape index (κ2) is 6.63. The molecule has 0 aliphatic carbocycles. The molecule has 0 radical (unpaired) electrons. The highest BCUT2D eigenvalue weighted by Crippen LogP contribution is 2.12. The van der Waals surface area contributed by atoms with Gasteiger partial charge >= 0.3 is 0 Å². The van der Waals surface area contributed by atoms with Crippen molar-refractivity contribution < 1.29 is 5.11 Å². The number of nitriles is 1. The van der Waals surface area contributed by atoms with E-state index in [1.54, 1.807) is 31.2 Å². The van der Waals surface area contributed by atoms with Gasteiger partial charge in [-0.15, -0.1) is 5.92 Å². The molecule has 0 fully saturated rings. The third-order valence-corrected chi connectivity index (χ3v) is 2.15. The molecule has 3 nitrogen and oxygen atoms in total. The van der Waals surface area contributed by atoms with Crippen LogP contribution in [0.3, 0.4) is 0 Å². The third-order valence-electron chi connectivity index (χ3n) is 2.15. The zero-order valence-electron chi connectivity index (χ0n) is 9.20. The lowest BCUT2D eigenvalue weighted by atomic mass is 10.1. The van der Waals surface area contributed by atoms with Crippen LogP contribution in [0.25, 0.3) is 0 Å². The maximum atomic E-state index is 9.79. The highest BCUT2D eigenvalue weighted by Gasteiger charge is 2.05. The van der Waals surface area contributed by atoms with Crippen LogP contribution in [-0.2, 0) is 0 Å². The van der Waals surface area contributed by atoms with Crippen LogP contribution >= 0.6 is 0 Å². The van der Waals surface area contributed by atoms with Gasteiger partial charge in [0.05, 0.1) is 24.3 Å². The van der Waals surface area contributed by atoms with Crippen molar-refractivity contribution in [2.75, 3.05) is 13.1 Å². The van der Waals surface area contributed by atoms with Crippen LogP contribution in [0.1, 0.15) is 24.2 Å². The summed E-state index contributed by atoms with van der Waals surface area (Å²) in [4.78, 5) is 0. The first-order chi connectivity index (χ1) is 7.77. The van der Waals surface area contributed by atoms with Crippen molar-refractivity contribution in [2.24, 2.45) is 0 Å². The van der Waals surface area contributed by atoms with Crippen molar-refractivity contribution in [3.8, 4) is 17.9 Å². The quantitative estimate of drug-likeness (QED) is 0.585. The van der Waals surface area contributed by atoms with E-state index in [1.165, 1.54) is 0 Å². The molecule has 2 N–H and O–H groups in total. The summed E-state index contributed by atoms with van der Waals surface area (Å²) >= 11 is 0. The van der Waals surface area contributed by atoms with E-state index in [9.17, 15) is 5.11 Å². The Kier molecular flexibility index (Phi) is 5.08. The Morgan fingerprint density at radius 3 is 2.62 bits per heavy atom. The zero-order chi connectivity index (χ0) is 11.8. The smallest absolute Gasteiger partial charge is 0.0991 e. The first-order valence-corrected chi connectivity index (χ1v) is 5.06. The van der Waals surface area contributed by atoms with E-state index in [4.69, 9.17) is 5.26 Å². The van der Waals surface area contributed by atoms with E-state index in [0.717, 1.165) is 5.56 Å². The van der Waals surface area contributed by atoms with Gasteiger partial charge in [0.2, 0.25) is 0 Å². The van der Waals surface area contributed by atoms with Gasteiger partial charge in [0.15, 0.2) is 0 Å². The maximum absolute atomic E-state index is 9.79. The van der Waals surface area contributed by atoms with Crippen molar-refractivity contribution in [3.05, 3.63) is 35.4 Å². The Morgan fingerprint density at radius 2 is 2.06 bits per heavy atom. The van der Waals surface area contributed by atoms with Crippen molar-refractivity contribution >= 4 is 0 Å². The lowest BCUT2D eigenvalue weighted by Gasteiger charge is -2.10. The molecule has 0 aromatic heterocycles. The summed E-state index contributed by atoms with van der Waals surface area (Å²) < 4.78 is 0. The SMILES string of the molecule is CC#CCNCC(O)c1ccc(C#N)cc1. The first-order valence-electron chi connectivity index (χ1n) is 5.06. The van der Waals surface area contributed by atoms with E-state index in [1.807, 2.05) is 6.07 Å². The van der Waals surface area contributed by atoms with Gasteiger partial charge in [-0.1, -0.05) is 18.1 Å². The Hall–Kier alpha value is -1.81. The second-order valence-corrected chi connectivity index (χ2v) is 3.31. The van der Waals surface area contributed by atoms with Crippen LogP contribution in [0.2, 0.25) is 0 Å². The highest BCUT2D eigenvalue weighted by atomic mass is 16.3. The summed E-state index contributed by atoms with van der Waals surface area (Å²) in [5.74, 6) is 5.62. The lowest BCUT2D eigenvalue weighted by Crippen LogP contribution is -2.21. The third kappa shape index (κ3) is 3.74. The van der Waals surface area contributed by atoms with Crippen molar-refractivity contribution in [2.45, 2.75) is 13.0 Å². The highest BCUT2D eigenvalue weighted by molar-refractivity contribution is 5.32. The Labute approximate surface area is 95.7 Å². The van der Waals surface area contributed by atoms with Crippen molar-refractivity contribution in [3.63, 3.8) is 0 Å². The molecule has 0 amide bonds. The minimum Gasteiger partial charge on any atom is -0.387 e. The van der Waals surface area contributed by atoms with Gasteiger partial charge in [0, 0.05) is 6.54 Å². The molecular formula is C13H14N2O. The molecule has 1 rings (SSSR count). The first kappa shape index (κ1) is 12.3. The molecule has 0 saturated carbocycles. The van der Waals surface area contributed by atoms with E-state index in [2.05, 4.69) is 17.2 Å². The van der Waals surface area contributed by atoms with Gasteiger partial charge in [-0.25, -0.2) is 0 Å². The maximum Gasteiger partial charge on any atom is 0.0991 e. The van der Waals surface area contributed by atoms with Gasteiger partial charge in [0.25, 0.3) is 0 Å². The molecule has 82 valence electrons. The largest absolute Gasteiger partial charge is 0.387 e. The Balaban J connectivity index is 2.48. The predicted molar refractivity (Wildman–Crippen MR) is 62.4 cm³/mol. The molecule has 1 unspecified atom stereocenters. The molecule has 1 aromatic rings. The van der Waals surface area contributed by atoms with Gasteiger partial charge in [0.1, 0.15) is 0 Å². The number of hydrogen-bond acceptors (Lipinski definition) is 3. The van der Waals surface area contributed by atoms with Gasteiger partial charge in [-0.05, 0) is 24.6 Å². The summed E-state index contributed by atoms with van der Waals surface area (Å²) in [6, 6.07) is 8.96. The minimum absolute atomic E-state index is 0.459. The summed E-state index contributed by atoms with van der Waals surface area (Å²) in [5.41, 5.74) is 1.40. The molecule has 0 saturated heterocycles. The molecule has 3 heteroatoms. The number of aliphatic hydroxyl groups excluding tert-OH is 1. The van der Waals surface area contributed by atoms with Crippen LogP contribution in [0.4, 0.5) is 0 Å². The zero-order valence-corrected chi connectivity index (χ0v) is 9.20. The normalized spacial score (nSPS) is 11.1. The average molecular weight is 214 g/mol. The van der Waals surface area contributed by atoms with Gasteiger partial charge in [-0.2, -0.15) is 5.26 Å². The van der Waals surface area contributed by atoms with Crippen LogP contribution in [-0.4, -0.2) is 18.2 Å². The molecule has 1 aromatic carbocycles. The van der Waals surface area contributed by atoms with Crippen molar-refractivity contribution in [1.29, 1.82) is 5.26 Å². The number of nitrogens with one attached hydrogen (secondary N) is 1. The second-order valence-electron chi connectivity index (χ2n) is 3.31. The van der Waals surface area contributed by atoms with Gasteiger partial charge in [-0.3, -0.25) is 0 Å². The summed E-state index contributed by atoms with van der Waals surface area (Å²) in [7, 11) is 0. The molecule has 1 atom stereocenters. The van der Waals surface area contributed by atoms with E-state index in [-0.39, 0.29) is 0 Å². The van der Waals surface area contributed by atoms with Crippen LogP contribution in [0, 0.1) is 23.2 Å². The summed E-state index contributed by atoms with van der Waals surface area (Å²) in [5, 5.41) is 21.4. The molecular weight excluding hydrogens is 200 g/mol. The standard InChI is InChI=1S/C13H14N2O/c1-2-3-8-15-10-13(16)12-6-4-11(9-14)5-7-12/h4-7,13,15-16H,8,10H2,1H3. The van der Waals surface area contributed by atoms with Gasteiger partial charge < -0.3 is 10.4 Å². The average Bonchev–Trinajstić information content (AvgIpc) is 2.34. The van der Waals surface area contributed by atoms with E-state index < -0.39 is 6.10 Å². The molecule has 16 heavy (non-hydrogen) atoms. The summed E-state index contributed by atoms with van der Waals surface area (Å²) in [6.07, 6.45) is -0.564. The number of nitrogens with zero attached hydrogens (tertiary/aromatic N) is 1. The van der Waals surface area contributed by atoms with Crippen LogP contribution < -0.4 is 5.32 Å². The fourth-order valence-electron chi connectivity index (χ4n) is 1.26.